The van der Waals surface area contributed by atoms with Crippen LogP contribution in [-0.4, -0.2) is 30.9 Å². The molecule has 3 heteroatoms. The molecule has 1 N–H and O–H groups in total. The van der Waals surface area contributed by atoms with Gasteiger partial charge in [-0.25, -0.2) is 0 Å². The van der Waals surface area contributed by atoms with Crippen molar-refractivity contribution in [1.82, 2.24) is 4.90 Å². The van der Waals surface area contributed by atoms with Crippen molar-refractivity contribution < 1.29 is 4.79 Å². The lowest BCUT2D eigenvalue weighted by Gasteiger charge is -2.38. The second-order valence-corrected chi connectivity index (χ2v) is 5.26. The van der Waals surface area contributed by atoms with Gasteiger partial charge >= 0.3 is 0 Å². The van der Waals surface area contributed by atoms with Crippen LogP contribution < -0.4 is 5.32 Å². The third-order valence-corrected chi connectivity index (χ3v) is 4.13. The van der Waals surface area contributed by atoms with Crippen molar-refractivity contribution in [2.75, 3.05) is 25.5 Å². The van der Waals surface area contributed by atoms with Gasteiger partial charge in [-0.1, -0.05) is 25.1 Å². The van der Waals surface area contributed by atoms with Crippen molar-refractivity contribution in [2.45, 2.75) is 26.2 Å². The number of carbonyl (C=O) groups is 1. The minimum Gasteiger partial charge on any atom is -0.326 e. The van der Waals surface area contributed by atoms with Crippen LogP contribution in [0.2, 0.25) is 0 Å². The molecule has 0 radical (unpaired) electrons. The van der Waals surface area contributed by atoms with Gasteiger partial charge in [-0.2, -0.15) is 0 Å². The number of hydrogen-bond donors (Lipinski definition) is 1. The smallest absolute Gasteiger partial charge is 0.230 e. The molecule has 1 aromatic carbocycles. The first kappa shape index (κ1) is 13.1. The second kappa shape index (κ2) is 5.53. The summed E-state index contributed by atoms with van der Waals surface area (Å²) in [6.07, 6.45) is 2.83. The number of likely N-dealkylation sites (tertiary alicyclic amines) is 1. The molecule has 1 amide bonds. The SMILES string of the molecule is CCC1(C(=O)Nc2ccccc2)CCN(C)CC1. The highest BCUT2D eigenvalue weighted by atomic mass is 16.2. The van der Waals surface area contributed by atoms with E-state index in [2.05, 4.69) is 24.2 Å². The summed E-state index contributed by atoms with van der Waals surface area (Å²) >= 11 is 0. The Balaban J connectivity index is 2.06. The minimum atomic E-state index is -0.178. The zero-order chi connectivity index (χ0) is 13.0. The van der Waals surface area contributed by atoms with Crippen LogP contribution in [-0.2, 0) is 4.79 Å². The molecular weight excluding hydrogens is 224 g/mol. The largest absolute Gasteiger partial charge is 0.326 e. The van der Waals surface area contributed by atoms with Crippen molar-refractivity contribution in [2.24, 2.45) is 5.41 Å². The molecule has 0 aromatic heterocycles. The lowest BCUT2D eigenvalue weighted by atomic mass is 9.75. The Hall–Kier alpha value is -1.35. The van der Waals surface area contributed by atoms with Crippen LogP contribution in [0, 0.1) is 5.41 Å². The highest BCUT2D eigenvalue weighted by Gasteiger charge is 2.38. The number of rotatable bonds is 3. The Morgan fingerprint density at radius 3 is 2.44 bits per heavy atom. The van der Waals surface area contributed by atoms with E-state index < -0.39 is 0 Å². The standard InChI is InChI=1S/C15H22N2O/c1-3-15(9-11-17(2)12-10-15)14(18)16-13-7-5-4-6-8-13/h4-8H,3,9-12H2,1-2H3,(H,16,18). The van der Waals surface area contributed by atoms with E-state index in [-0.39, 0.29) is 11.3 Å². The third-order valence-electron chi connectivity index (χ3n) is 4.13. The number of anilines is 1. The summed E-state index contributed by atoms with van der Waals surface area (Å²) in [6.45, 7) is 4.14. The summed E-state index contributed by atoms with van der Waals surface area (Å²) in [4.78, 5) is 14.8. The van der Waals surface area contributed by atoms with E-state index in [0.29, 0.717) is 0 Å². The predicted molar refractivity (Wildman–Crippen MR) is 74.5 cm³/mol. The summed E-state index contributed by atoms with van der Waals surface area (Å²) in [7, 11) is 2.12. The molecule has 0 unspecified atom stereocenters. The quantitative estimate of drug-likeness (QED) is 0.889. The van der Waals surface area contributed by atoms with E-state index in [1.807, 2.05) is 30.3 Å². The summed E-state index contributed by atoms with van der Waals surface area (Å²) < 4.78 is 0. The first-order valence-corrected chi connectivity index (χ1v) is 6.71. The maximum Gasteiger partial charge on any atom is 0.230 e. The molecule has 0 atom stereocenters. The Bertz CT molecular complexity index is 394. The van der Waals surface area contributed by atoms with E-state index in [1.165, 1.54) is 0 Å². The van der Waals surface area contributed by atoms with Gasteiger partial charge in [0, 0.05) is 5.69 Å². The van der Waals surface area contributed by atoms with Crippen LogP contribution >= 0.6 is 0 Å². The molecule has 1 fully saturated rings. The van der Waals surface area contributed by atoms with Crippen molar-refractivity contribution in [1.29, 1.82) is 0 Å². The molecule has 3 nitrogen and oxygen atoms in total. The van der Waals surface area contributed by atoms with Crippen LogP contribution in [0.25, 0.3) is 0 Å². The van der Waals surface area contributed by atoms with Crippen molar-refractivity contribution in [3.63, 3.8) is 0 Å². The maximum atomic E-state index is 12.5. The summed E-state index contributed by atoms with van der Waals surface area (Å²) in [5.74, 6) is 0.185. The van der Waals surface area contributed by atoms with Crippen LogP contribution in [0.3, 0.4) is 0 Å². The minimum absolute atomic E-state index is 0.178. The molecular formula is C15H22N2O. The lowest BCUT2D eigenvalue weighted by Crippen LogP contribution is -2.45. The highest BCUT2D eigenvalue weighted by molar-refractivity contribution is 5.95. The fourth-order valence-corrected chi connectivity index (χ4v) is 2.57. The second-order valence-electron chi connectivity index (χ2n) is 5.26. The van der Waals surface area contributed by atoms with Gasteiger partial charge in [-0.15, -0.1) is 0 Å². The molecule has 1 aliphatic heterocycles. The summed E-state index contributed by atoms with van der Waals surface area (Å²) in [5, 5.41) is 3.06. The summed E-state index contributed by atoms with van der Waals surface area (Å²) in [5.41, 5.74) is 0.719. The van der Waals surface area contributed by atoms with Gasteiger partial charge in [0.15, 0.2) is 0 Å². The molecule has 98 valence electrons. The average Bonchev–Trinajstić information content (AvgIpc) is 2.41. The molecule has 1 aromatic rings. The Labute approximate surface area is 109 Å². The molecule has 2 rings (SSSR count). The van der Waals surface area contributed by atoms with Crippen LogP contribution in [0.15, 0.2) is 30.3 Å². The van der Waals surface area contributed by atoms with Crippen LogP contribution in [0.1, 0.15) is 26.2 Å². The maximum absolute atomic E-state index is 12.5. The Morgan fingerprint density at radius 1 is 1.28 bits per heavy atom. The fraction of sp³-hybridized carbons (Fsp3) is 0.533. The van der Waals surface area contributed by atoms with Crippen LogP contribution in [0.5, 0.6) is 0 Å². The number of carbonyl (C=O) groups excluding carboxylic acids is 1. The predicted octanol–water partition coefficient (Wildman–Crippen LogP) is 2.75. The summed E-state index contributed by atoms with van der Waals surface area (Å²) in [6, 6.07) is 9.74. The Morgan fingerprint density at radius 2 is 1.89 bits per heavy atom. The number of piperidine rings is 1. The number of para-hydroxylation sites is 1. The van der Waals surface area contributed by atoms with Crippen LogP contribution in [0.4, 0.5) is 5.69 Å². The van der Waals surface area contributed by atoms with Gasteiger partial charge in [0.25, 0.3) is 0 Å². The van der Waals surface area contributed by atoms with E-state index >= 15 is 0 Å². The molecule has 1 aliphatic rings. The van der Waals surface area contributed by atoms with Gasteiger partial charge < -0.3 is 10.2 Å². The van der Waals surface area contributed by atoms with Crippen molar-refractivity contribution in [3.05, 3.63) is 30.3 Å². The monoisotopic (exact) mass is 246 g/mol. The van der Waals surface area contributed by atoms with E-state index in [1.54, 1.807) is 0 Å². The lowest BCUT2D eigenvalue weighted by molar-refractivity contribution is -0.128. The number of benzene rings is 1. The van der Waals surface area contributed by atoms with E-state index in [0.717, 1.165) is 38.0 Å². The highest BCUT2D eigenvalue weighted by Crippen LogP contribution is 2.35. The van der Waals surface area contributed by atoms with Gasteiger partial charge in [0.2, 0.25) is 5.91 Å². The molecule has 0 aliphatic carbocycles. The van der Waals surface area contributed by atoms with E-state index in [4.69, 9.17) is 0 Å². The number of amides is 1. The van der Waals surface area contributed by atoms with Crippen molar-refractivity contribution >= 4 is 11.6 Å². The van der Waals surface area contributed by atoms with Gasteiger partial charge in [-0.3, -0.25) is 4.79 Å². The molecule has 1 saturated heterocycles. The van der Waals surface area contributed by atoms with Gasteiger partial charge in [-0.05, 0) is 51.5 Å². The zero-order valence-electron chi connectivity index (χ0n) is 11.3. The molecule has 0 spiro atoms. The first-order chi connectivity index (χ1) is 8.66. The fourth-order valence-electron chi connectivity index (χ4n) is 2.57. The van der Waals surface area contributed by atoms with Crippen molar-refractivity contribution in [3.8, 4) is 0 Å². The molecule has 18 heavy (non-hydrogen) atoms. The molecule has 0 bridgehead atoms. The Kier molecular flexibility index (Phi) is 4.02. The van der Waals surface area contributed by atoms with Gasteiger partial charge in [0.1, 0.15) is 0 Å². The normalized spacial score (nSPS) is 19.4. The third kappa shape index (κ3) is 2.72. The van der Waals surface area contributed by atoms with Gasteiger partial charge in [0.05, 0.1) is 5.41 Å². The number of nitrogens with one attached hydrogen (secondary N) is 1. The first-order valence-electron chi connectivity index (χ1n) is 6.71. The number of nitrogens with zero attached hydrogens (tertiary/aromatic N) is 1. The molecule has 1 heterocycles. The average molecular weight is 246 g/mol. The zero-order valence-corrected chi connectivity index (χ0v) is 11.3. The number of hydrogen-bond acceptors (Lipinski definition) is 2. The van der Waals surface area contributed by atoms with E-state index in [9.17, 15) is 4.79 Å². The topological polar surface area (TPSA) is 32.3 Å². The molecule has 0 saturated carbocycles.